The summed E-state index contributed by atoms with van der Waals surface area (Å²) in [7, 11) is 0. The van der Waals surface area contributed by atoms with Gasteiger partial charge in [-0.3, -0.25) is 0 Å². The minimum absolute atomic E-state index is 0.323. The summed E-state index contributed by atoms with van der Waals surface area (Å²) in [6.07, 6.45) is 10.5. The summed E-state index contributed by atoms with van der Waals surface area (Å²) in [6, 6.07) is 0.652. The van der Waals surface area contributed by atoms with Gasteiger partial charge in [0.05, 0.1) is 6.10 Å². The summed E-state index contributed by atoms with van der Waals surface area (Å²) in [5, 5.41) is 13.0. The van der Waals surface area contributed by atoms with E-state index in [1.54, 1.807) is 0 Å². The molecule has 0 aliphatic heterocycles. The fourth-order valence-corrected chi connectivity index (χ4v) is 4.42. The molecule has 0 radical (unpaired) electrons. The minimum atomic E-state index is 0.323. The molecule has 0 amide bonds. The lowest BCUT2D eigenvalue weighted by atomic mass is 9.60. The molecule has 0 saturated heterocycles. The van der Waals surface area contributed by atoms with Crippen molar-refractivity contribution >= 4 is 0 Å². The Kier molecular flexibility index (Phi) is 6.31. The van der Waals surface area contributed by atoms with Crippen LogP contribution in [0.15, 0.2) is 0 Å². The first kappa shape index (κ1) is 16.3. The first-order valence-corrected chi connectivity index (χ1v) is 8.72. The van der Waals surface area contributed by atoms with E-state index in [1.165, 1.54) is 44.9 Å². The van der Waals surface area contributed by atoms with Crippen LogP contribution in [-0.4, -0.2) is 37.0 Å². The Hall–Kier alpha value is -0.120. The molecule has 2 fully saturated rings. The van der Waals surface area contributed by atoms with Gasteiger partial charge in [0.2, 0.25) is 0 Å². The van der Waals surface area contributed by atoms with E-state index in [1.807, 2.05) is 0 Å². The second-order valence-corrected chi connectivity index (χ2v) is 6.75. The zero-order chi connectivity index (χ0) is 14.4. The zero-order valence-corrected chi connectivity index (χ0v) is 13.4. The predicted octanol–water partition coefficient (Wildman–Crippen LogP) is 3.11. The average molecular weight is 283 g/mol. The van der Waals surface area contributed by atoms with E-state index in [4.69, 9.17) is 9.84 Å². The van der Waals surface area contributed by atoms with E-state index in [2.05, 4.69) is 19.2 Å². The third-order valence-electron chi connectivity index (χ3n) is 5.57. The van der Waals surface area contributed by atoms with Crippen molar-refractivity contribution in [2.75, 3.05) is 19.8 Å². The van der Waals surface area contributed by atoms with Crippen LogP contribution in [0.3, 0.4) is 0 Å². The molecule has 1 spiro atoms. The molecule has 0 aromatic heterocycles. The van der Waals surface area contributed by atoms with Crippen molar-refractivity contribution < 1.29 is 9.84 Å². The third-order valence-corrected chi connectivity index (χ3v) is 5.57. The Morgan fingerprint density at radius 3 is 2.60 bits per heavy atom. The lowest BCUT2D eigenvalue weighted by molar-refractivity contribution is -0.130. The van der Waals surface area contributed by atoms with Gasteiger partial charge in [-0.05, 0) is 51.5 Å². The van der Waals surface area contributed by atoms with Crippen molar-refractivity contribution in [3.63, 3.8) is 0 Å². The maximum Gasteiger partial charge on any atom is 0.0661 e. The topological polar surface area (TPSA) is 41.5 Å². The quantitative estimate of drug-likeness (QED) is 0.683. The molecule has 20 heavy (non-hydrogen) atoms. The second-order valence-electron chi connectivity index (χ2n) is 6.75. The van der Waals surface area contributed by atoms with Gasteiger partial charge in [0.1, 0.15) is 0 Å². The molecule has 2 N–H and O–H groups in total. The Morgan fingerprint density at radius 1 is 1.25 bits per heavy atom. The second kappa shape index (κ2) is 7.77. The molecule has 2 aliphatic carbocycles. The molecular formula is C17H33NO2. The normalized spacial score (nSPS) is 29.6. The zero-order valence-electron chi connectivity index (χ0n) is 13.4. The van der Waals surface area contributed by atoms with Crippen LogP contribution in [0.4, 0.5) is 0 Å². The highest BCUT2D eigenvalue weighted by molar-refractivity contribution is 5.10. The lowest BCUT2D eigenvalue weighted by Gasteiger charge is -2.54. The van der Waals surface area contributed by atoms with E-state index in [-0.39, 0.29) is 0 Å². The van der Waals surface area contributed by atoms with Crippen LogP contribution in [0.2, 0.25) is 0 Å². The van der Waals surface area contributed by atoms with Gasteiger partial charge in [-0.25, -0.2) is 0 Å². The molecule has 0 heterocycles. The summed E-state index contributed by atoms with van der Waals surface area (Å²) in [5.74, 6) is 0.634. The van der Waals surface area contributed by atoms with Crippen molar-refractivity contribution in [1.82, 2.24) is 5.32 Å². The Bertz CT molecular complexity index is 270. The fourth-order valence-electron chi connectivity index (χ4n) is 4.42. The van der Waals surface area contributed by atoms with Crippen molar-refractivity contribution in [1.29, 1.82) is 0 Å². The predicted molar refractivity (Wildman–Crippen MR) is 82.8 cm³/mol. The Morgan fingerprint density at radius 2 is 2.00 bits per heavy atom. The molecule has 0 aromatic rings. The van der Waals surface area contributed by atoms with Crippen LogP contribution in [0.25, 0.3) is 0 Å². The summed E-state index contributed by atoms with van der Waals surface area (Å²) in [4.78, 5) is 0. The Labute approximate surface area is 124 Å². The molecule has 118 valence electrons. The number of hydrogen-bond donors (Lipinski definition) is 2. The first-order chi connectivity index (χ1) is 9.76. The summed E-state index contributed by atoms with van der Waals surface area (Å²) in [5.41, 5.74) is 0.436. The summed E-state index contributed by atoms with van der Waals surface area (Å²) in [6.45, 7) is 6.59. The van der Waals surface area contributed by atoms with Gasteiger partial charge in [0, 0.05) is 24.7 Å². The molecule has 3 heteroatoms. The highest BCUT2D eigenvalue weighted by atomic mass is 16.5. The SMILES string of the molecule is CCCC(CCO)CNC1CC(OCC)C12CCCC2. The molecule has 0 aromatic carbocycles. The number of nitrogens with one attached hydrogen (secondary N) is 1. The van der Waals surface area contributed by atoms with Crippen molar-refractivity contribution in [3.8, 4) is 0 Å². The van der Waals surface area contributed by atoms with Gasteiger partial charge in [0.15, 0.2) is 0 Å². The summed E-state index contributed by atoms with van der Waals surface area (Å²) < 4.78 is 5.97. The van der Waals surface area contributed by atoms with Crippen LogP contribution >= 0.6 is 0 Å². The Balaban J connectivity index is 1.83. The van der Waals surface area contributed by atoms with E-state index in [9.17, 15) is 0 Å². The number of ether oxygens (including phenoxy) is 1. The van der Waals surface area contributed by atoms with Crippen LogP contribution in [0.1, 0.15) is 65.2 Å². The number of rotatable bonds is 9. The minimum Gasteiger partial charge on any atom is -0.396 e. The van der Waals surface area contributed by atoms with Crippen LogP contribution in [-0.2, 0) is 4.74 Å². The molecule has 3 atom stereocenters. The van der Waals surface area contributed by atoms with E-state index in [0.29, 0.717) is 30.1 Å². The largest absolute Gasteiger partial charge is 0.396 e. The molecular weight excluding hydrogens is 250 g/mol. The molecule has 0 bridgehead atoms. The lowest BCUT2D eigenvalue weighted by Crippen LogP contribution is -2.63. The third kappa shape index (κ3) is 3.37. The van der Waals surface area contributed by atoms with Gasteiger partial charge in [0.25, 0.3) is 0 Å². The van der Waals surface area contributed by atoms with Crippen LogP contribution in [0, 0.1) is 11.3 Å². The first-order valence-electron chi connectivity index (χ1n) is 8.72. The molecule has 3 unspecified atom stereocenters. The van der Waals surface area contributed by atoms with E-state index in [0.717, 1.165) is 19.6 Å². The van der Waals surface area contributed by atoms with E-state index >= 15 is 0 Å². The van der Waals surface area contributed by atoms with Crippen LogP contribution < -0.4 is 5.32 Å². The standard InChI is InChI=1S/C17H33NO2/c1-3-7-14(8-11-19)13-18-15-12-16(20-4-2)17(15)9-5-6-10-17/h14-16,18-19H,3-13H2,1-2H3. The molecule has 2 aliphatic rings. The van der Waals surface area contributed by atoms with Crippen LogP contribution in [0.5, 0.6) is 0 Å². The number of hydrogen-bond acceptors (Lipinski definition) is 3. The maximum atomic E-state index is 9.17. The fraction of sp³-hybridized carbons (Fsp3) is 1.00. The molecule has 2 rings (SSSR count). The van der Waals surface area contributed by atoms with Gasteiger partial charge in [-0.1, -0.05) is 26.2 Å². The van der Waals surface area contributed by atoms with Crippen molar-refractivity contribution in [3.05, 3.63) is 0 Å². The number of aliphatic hydroxyl groups excluding tert-OH is 1. The molecule has 3 nitrogen and oxygen atoms in total. The van der Waals surface area contributed by atoms with Crippen molar-refractivity contribution in [2.45, 2.75) is 77.4 Å². The van der Waals surface area contributed by atoms with Gasteiger partial charge < -0.3 is 15.2 Å². The van der Waals surface area contributed by atoms with Gasteiger partial charge in [-0.2, -0.15) is 0 Å². The van der Waals surface area contributed by atoms with E-state index < -0.39 is 0 Å². The maximum absolute atomic E-state index is 9.17. The summed E-state index contributed by atoms with van der Waals surface area (Å²) >= 11 is 0. The highest BCUT2D eigenvalue weighted by Crippen LogP contribution is 2.54. The smallest absolute Gasteiger partial charge is 0.0661 e. The highest BCUT2D eigenvalue weighted by Gasteiger charge is 2.56. The number of aliphatic hydroxyl groups is 1. The van der Waals surface area contributed by atoms with Crippen molar-refractivity contribution in [2.24, 2.45) is 11.3 Å². The average Bonchev–Trinajstić information content (AvgIpc) is 2.94. The van der Waals surface area contributed by atoms with Gasteiger partial charge >= 0.3 is 0 Å². The monoisotopic (exact) mass is 283 g/mol. The van der Waals surface area contributed by atoms with Gasteiger partial charge in [-0.15, -0.1) is 0 Å². The molecule has 2 saturated carbocycles.